The molecule has 0 saturated heterocycles. The molecule has 0 heterocycles. The van der Waals surface area contributed by atoms with Crippen molar-refractivity contribution in [1.29, 1.82) is 0 Å². The van der Waals surface area contributed by atoms with E-state index < -0.39 is 5.97 Å². The van der Waals surface area contributed by atoms with E-state index in [2.05, 4.69) is 0 Å². The van der Waals surface area contributed by atoms with E-state index in [4.69, 9.17) is 9.47 Å². The second-order valence-electron chi connectivity index (χ2n) is 6.06. The normalized spacial score (nSPS) is 10.4. The molecule has 0 spiro atoms. The molecule has 0 saturated carbocycles. The van der Waals surface area contributed by atoms with Crippen molar-refractivity contribution in [3.05, 3.63) is 84.4 Å². The Balaban J connectivity index is 1.57. The summed E-state index contributed by atoms with van der Waals surface area (Å²) in [5, 5.41) is 9.43. The lowest BCUT2D eigenvalue weighted by Crippen LogP contribution is -2.04. The predicted octanol–water partition coefficient (Wildman–Crippen LogP) is 5.29. The first-order chi connectivity index (χ1) is 13.3. The van der Waals surface area contributed by atoms with Crippen LogP contribution in [0, 0.1) is 0 Å². The van der Waals surface area contributed by atoms with Crippen LogP contribution in [-0.2, 0) is 0 Å². The highest BCUT2D eigenvalue weighted by Gasteiger charge is 2.14. The molecule has 0 aliphatic rings. The van der Waals surface area contributed by atoms with Gasteiger partial charge in [-0.15, -0.1) is 0 Å². The van der Waals surface area contributed by atoms with Crippen molar-refractivity contribution in [1.82, 2.24) is 0 Å². The summed E-state index contributed by atoms with van der Waals surface area (Å²) in [6, 6.07) is 24.2. The maximum Gasteiger partial charge on any atom is 0.336 e. The second-order valence-corrected chi connectivity index (χ2v) is 6.06. The predicted molar refractivity (Wildman–Crippen MR) is 106 cm³/mol. The third-order valence-electron chi connectivity index (χ3n) is 4.14. The molecule has 0 unspecified atom stereocenters. The molecule has 3 aromatic rings. The molecule has 0 aromatic heterocycles. The van der Waals surface area contributed by atoms with Gasteiger partial charge in [0, 0.05) is 5.56 Å². The van der Waals surface area contributed by atoms with Crippen molar-refractivity contribution < 1.29 is 19.4 Å². The van der Waals surface area contributed by atoms with Crippen molar-refractivity contribution in [2.45, 2.75) is 12.8 Å². The molecule has 4 nitrogen and oxygen atoms in total. The number of benzene rings is 3. The molecule has 0 fully saturated rings. The highest BCUT2D eigenvalue weighted by atomic mass is 16.5. The maximum atomic E-state index is 11.5. The molecular formula is C23H22O4. The lowest BCUT2D eigenvalue weighted by Gasteiger charge is -2.13. The van der Waals surface area contributed by atoms with Crippen LogP contribution >= 0.6 is 0 Å². The summed E-state index contributed by atoms with van der Waals surface area (Å²) < 4.78 is 11.6. The first-order valence-corrected chi connectivity index (χ1v) is 8.98. The summed E-state index contributed by atoms with van der Waals surface area (Å²) in [5.41, 5.74) is 1.72. The standard InChI is InChI=1S/C23H22O4/c24-23(25)21-14-5-4-12-19(21)20-13-6-7-15-22(20)27-17-9-8-16-26-18-10-2-1-3-11-18/h1-7,10-15H,8-9,16-17H2,(H,24,25). The number of ether oxygens (including phenoxy) is 2. The zero-order valence-corrected chi connectivity index (χ0v) is 15.0. The van der Waals surface area contributed by atoms with Gasteiger partial charge in [-0.25, -0.2) is 4.79 Å². The molecular weight excluding hydrogens is 340 g/mol. The molecule has 0 aliphatic carbocycles. The van der Waals surface area contributed by atoms with Gasteiger partial charge in [0.2, 0.25) is 0 Å². The van der Waals surface area contributed by atoms with E-state index in [0.29, 0.717) is 24.5 Å². The number of carboxylic acid groups (broad SMARTS) is 1. The van der Waals surface area contributed by atoms with Crippen molar-refractivity contribution >= 4 is 5.97 Å². The summed E-state index contributed by atoms with van der Waals surface area (Å²) in [6.45, 7) is 1.18. The highest BCUT2D eigenvalue weighted by Crippen LogP contribution is 2.32. The number of para-hydroxylation sites is 2. The number of hydrogen-bond acceptors (Lipinski definition) is 3. The quantitative estimate of drug-likeness (QED) is 0.526. The van der Waals surface area contributed by atoms with E-state index in [9.17, 15) is 9.90 Å². The van der Waals surface area contributed by atoms with Gasteiger partial charge in [0.1, 0.15) is 11.5 Å². The summed E-state index contributed by atoms with van der Waals surface area (Å²) in [7, 11) is 0. The fourth-order valence-corrected chi connectivity index (χ4v) is 2.81. The van der Waals surface area contributed by atoms with Crippen molar-refractivity contribution in [2.24, 2.45) is 0 Å². The number of rotatable bonds is 9. The van der Waals surface area contributed by atoms with Crippen molar-refractivity contribution in [3.63, 3.8) is 0 Å². The summed E-state index contributed by atoms with van der Waals surface area (Å²) in [6.07, 6.45) is 1.73. The third-order valence-corrected chi connectivity index (χ3v) is 4.14. The Bertz CT molecular complexity index is 874. The van der Waals surface area contributed by atoms with Crippen molar-refractivity contribution in [2.75, 3.05) is 13.2 Å². The SMILES string of the molecule is O=C(O)c1ccccc1-c1ccccc1OCCCCOc1ccccc1. The third kappa shape index (κ3) is 5.11. The molecule has 0 radical (unpaired) electrons. The van der Waals surface area contributed by atoms with Crippen LogP contribution in [0.25, 0.3) is 11.1 Å². The van der Waals surface area contributed by atoms with Gasteiger partial charge in [-0.3, -0.25) is 0 Å². The molecule has 3 rings (SSSR count). The van der Waals surface area contributed by atoms with Crippen LogP contribution < -0.4 is 9.47 Å². The van der Waals surface area contributed by atoms with E-state index in [1.54, 1.807) is 18.2 Å². The Morgan fingerprint density at radius 1 is 0.704 bits per heavy atom. The zero-order chi connectivity index (χ0) is 18.9. The molecule has 4 heteroatoms. The minimum Gasteiger partial charge on any atom is -0.494 e. The Kier molecular flexibility index (Phi) is 6.47. The first-order valence-electron chi connectivity index (χ1n) is 8.98. The van der Waals surface area contributed by atoms with Crippen LogP contribution in [0.2, 0.25) is 0 Å². The van der Waals surface area contributed by atoms with Gasteiger partial charge in [0.05, 0.1) is 18.8 Å². The molecule has 0 bridgehead atoms. The fourth-order valence-electron chi connectivity index (χ4n) is 2.81. The summed E-state index contributed by atoms with van der Waals surface area (Å²) in [4.78, 5) is 11.5. The smallest absolute Gasteiger partial charge is 0.336 e. The summed E-state index contributed by atoms with van der Waals surface area (Å²) >= 11 is 0. The van der Waals surface area contributed by atoms with Crippen LogP contribution in [0.1, 0.15) is 23.2 Å². The largest absolute Gasteiger partial charge is 0.494 e. The lowest BCUT2D eigenvalue weighted by atomic mass is 9.99. The molecule has 0 aliphatic heterocycles. The topological polar surface area (TPSA) is 55.8 Å². The van der Waals surface area contributed by atoms with Gasteiger partial charge in [-0.05, 0) is 42.7 Å². The number of carbonyl (C=O) groups is 1. The number of aromatic carboxylic acids is 1. The lowest BCUT2D eigenvalue weighted by molar-refractivity contribution is 0.0697. The van der Waals surface area contributed by atoms with E-state index in [-0.39, 0.29) is 5.56 Å². The van der Waals surface area contributed by atoms with E-state index in [0.717, 1.165) is 24.2 Å². The monoisotopic (exact) mass is 362 g/mol. The molecule has 27 heavy (non-hydrogen) atoms. The van der Waals surface area contributed by atoms with Gasteiger partial charge >= 0.3 is 5.97 Å². The molecule has 1 N–H and O–H groups in total. The van der Waals surface area contributed by atoms with Gasteiger partial charge in [-0.1, -0.05) is 54.6 Å². The van der Waals surface area contributed by atoms with Crippen LogP contribution in [0.15, 0.2) is 78.9 Å². The molecule has 0 atom stereocenters. The van der Waals surface area contributed by atoms with Crippen LogP contribution in [0.4, 0.5) is 0 Å². The molecule has 3 aromatic carbocycles. The van der Waals surface area contributed by atoms with Crippen molar-refractivity contribution in [3.8, 4) is 22.6 Å². The Morgan fingerprint density at radius 2 is 1.30 bits per heavy atom. The Hall–Kier alpha value is -3.27. The maximum absolute atomic E-state index is 11.5. The minimum absolute atomic E-state index is 0.268. The van der Waals surface area contributed by atoms with E-state index in [1.807, 2.05) is 60.7 Å². The Labute approximate surface area is 159 Å². The van der Waals surface area contributed by atoms with Gasteiger partial charge in [0.25, 0.3) is 0 Å². The fraction of sp³-hybridized carbons (Fsp3) is 0.174. The number of unbranched alkanes of at least 4 members (excludes halogenated alkanes) is 1. The van der Waals surface area contributed by atoms with Gasteiger partial charge < -0.3 is 14.6 Å². The molecule has 138 valence electrons. The van der Waals surface area contributed by atoms with Gasteiger partial charge in [0.15, 0.2) is 0 Å². The van der Waals surface area contributed by atoms with Crippen LogP contribution in [-0.4, -0.2) is 24.3 Å². The highest BCUT2D eigenvalue weighted by molar-refractivity contribution is 5.96. The van der Waals surface area contributed by atoms with Crippen LogP contribution in [0.3, 0.4) is 0 Å². The van der Waals surface area contributed by atoms with E-state index in [1.165, 1.54) is 0 Å². The second kappa shape index (κ2) is 9.43. The number of hydrogen-bond donors (Lipinski definition) is 1. The zero-order valence-electron chi connectivity index (χ0n) is 15.0. The Morgan fingerprint density at radius 3 is 2.04 bits per heavy atom. The van der Waals surface area contributed by atoms with Crippen LogP contribution in [0.5, 0.6) is 11.5 Å². The minimum atomic E-state index is -0.946. The molecule has 0 amide bonds. The average Bonchev–Trinajstić information content (AvgIpc) is 2.71. The average molecular weight is 362 g/mol. The van der Waals surface area contributed by atoms with Gasteiger partial charge in [-0.2, -0.15) is 0 Å². The number of carboxylic acids is 1. The van der Waals surface area contributed by atoms with E-state index >= 15 is 0 Å². The first kappa shape index (κ1) is 18.5. The summed E-state index contributed by atoms with van der Waals surface area (Å²) in [5.74, 6) is 0.614.